The summed E-state index contributed by atoms with van der Waals surface area (Å²) >= 11 is 0. The number of halogens is 1. The van der Waals surface area contributed by atoms with Gasteiger partial charge in [-0.05, 0) is 24.3 Å². The zero-order chi connectivity index (χ0) is 16.7. The molecule has 0 amide bonds. The Morgan fingerprint density at radius 2 is 1.96 bits per heavy atom. The van der Waals surface area contributed by atoms with Crippen molar-refractivity contribution in [1.29, 1.82) is 0 Å². The highest BCUT2D eigenvalue weighted by Crippen LogP contribution is 2.28. The van der Waals surface area contributed by atoms with Crippen LogP contribution in [0.2, 0.25) is 0 Å². The van der Waals surface area contributed by atoms with Crippen molar-refractivity contribution in [2.45, 2.75) is 0 Å². The molecular weight excluding hydrogens is 309 g/mol. The normalized spacial score (nSPS) is 11.0. The molecule has 0 atom stereocenters. The van der Waals surface area contributed by atoms with E-state index in [2.05, 4.69) is 15.1 Å². The number of nitrogens with one attached hydrogen (secondary N) is 1. The molecule has 0 spiro atoms. The number of aromatic nitrogens is 4. The molecule has 24 heavy (non-hydrogen) atoms. The first-order chi connectivity index (χ1) is 11.6. The van der Waals surface area contributed by atoms with Crippen molar-refractivity contribution in [2.24, 2.45) is 0 Å². The summed E-state index contributed by atoms with van der Waals surface area (Å²) in [6.45, 7) is 0. The van der Waals surface area contributed by atoms with Gasteiger partial charge < -0.3 is 5.73 Å². The summed E-state index contributed by atoms with van der Waals surface area (Å²) in [5.74, 6) is -0.109. The molecule has 7 heteroatoms. The third-order valence-corrected chi connectivity index (χ3v) is 3.69. The molecule has 4 rings (SSSR count). The number of aromatic amines is 1. The van der Waals surface area contributed by atoms with E-state index in [1.165, 1.54) is 22.7 Å². The number of anilines is 1. The first kappa shape index (κ1) is 14.1. The monoisotopic (exact) mass is 321 g/mol. The van der Waals surface area contributed by atoms with Gasteiger partial charge in [0.15, 0.2) is 5.65 Å². The summed E-state index contributed by atoms with van der Waals surface area (Å²) in [5, 5.41) is 2.79. The Hall–Kier alpha value is -3.48. The average molecular weight is 321 g/mol. The molecule has 0 fully saturated rings. The molecule has 0 radical (unpaired) electrons. The molecule has 0 aliphatic rings. The predicted octanol–water partition coefficient (Wildman–Crippen LogP) is 2.47. The van der Waals surface area contributed by atoms with Gasteiger partial charge in [0, 0.05) is 17.8 Å². The van der Waals surface area contributed by atoms with Gasteiger partial charge in [-0.15, -0.1) is 0 Å². The lowest BCUT2D eigenvalue weighted by molar-refractivity contribution is 0.628. The van der Waals surface area contributed by atoms with Crippen molar-refractivity contribution < 1.29 is 4.39 Å². The summed E-state index contributed by atoms with van der Waals surface area (Å²) in [6, 6.07) is 12.6. The molecule has 4 aromatic rings. The van der Waals surface area contributed by atoms with E-state index in [-0.39, 0.29) is 11.4 Å². The maximum Gasteiger partial charge on any atom is 0.273 e. The summed E-state index contributed by atoms with van der Waals surface area (Å²) in [5.41, 5.74) is 8.03. The fraction of sp³-hybridized carbons (Fsp3) is 0. The maximum atomic E-state index is 13.5. The van der Waals surface area contributed by atoms with Gasteiger partial charge in [0.1, 0.15) is 11.6 Å². The number of fused-ring (bicyclic) bond motifs is 1. The average Bonchev–Trinajstić information content (AvgIpc) is 2.92. The van der Waals surface area contributed by atoms with Crippen molar-refractivity contribution in [3.63, 3.8) is 0 Å². The first-order valence-corrected chi connectivity index (χ1v) is 7.22. The number of hydrogen-bond acceptors (Lipinski definition) is 4. The van der Waals surface area contributed by atoms with E-state index in [0.717, 1.165) is 0 Å². The quantitative estimate of drug-likeness (QED) is 0.593. The van der Waals surface area contributed by atoms with E-state index in [4.69, 9.17) is 5.73 Å². The van der Waals surface area contributed by atoms with E-state index >= 15 is 0 Å². The highest BCUT2D eigenvalue weighted by atomic mass is 19.1. The van der Waals surface area contributed by atoms with Crippen LogP contribution in [0.4, 0.5) is 10.2 Å². The zero-order valence-electron chi connectivity index (χ0n) is 12.4. The molecule has 118 valence electrons. The van der Waals surface area contributed by atoms with Crippen LogP contribution < -0.4 is 11.3 Å². The van der Waals surface area contributed by atoms with E-state index in [9.17, 15) is 9.18 Å². The van der Waals surface area contributed by atoms with Crippen LogP contribution in [0.5, 0.6) is 0 Å². The second-order valence-electron chi connectivity index (χ2n) is 5.26. The topological polar surface area (TPSA) is 89.1 Å². The Kier molecular flexibility index (Phi) is 3.13. The van der Waals surface area contributed by atoms with Gasteiger partial charge in [0.2, 0.25) is 0 Å². The molecule has 3 heterocycles. The fourth-order valence-corrected chi connectivity index (χ4v) is 2.61. The van der Waals surface area contributed by atoms with Gasteiger partial charge in [-0.3, -0.25) is 14.9 Å². The molecule has 0 saturated carbocycles. The SMILES string of the molecule is Nc1[nH]n2c(=O)cc(-c3cccc(F)c3)nc2c1-c1ccccn1. The summed E-state index contributed by atoms with van der Waals surface area (Å²) in [6.07, 6.45) is 1.63. The second-order valence-corrected chi connectivity index (χ2v) is 5.26. The fourth-order valence-electron chi connectivity index (χ4n) is 2.61. The van der Waals surface area contributed by atoms with E-state index in [1.807, 2.05) is 6.07 Å². The van der Waals surface area contributed by atoms with Crippen molar-refractivity contribution >= 4 is 11.5 Å². The second kappa shape index (κ2) is 5.31. The van der Waals surface area contributed by atoms with E-state index in [0.29, 0.717) is 28.2 Å². The van der Waals surface area contributed by atoms with Crippen LogP contribution in [0.25, 0.3) is 28.2 Å². The zero-order valence-corrected chi connectivity index (χ0v) is 12.4. The highest BCUT2D eigenvalue weighted by Gasteiger charge is 2.16. The number of nitrogen functional groups attached to an aromatic ring is 1. The van der Waals surface area contributed by atoms with Gasteiger partial charge in [-0.1, -0.05) is 18.2 Å². The Balaban J connectivity index is 2.02. The molecule has 0 aliphatic heterocycles. The maximum absolute atomic E-state index is 13.5. The van der Waals surface area contributed by atoms with Crippen molar-refractivity contribution in [3.8, 4) is 22.5 Å². The number of nitrogens with zero attached hydrogens (tertiary/aromatic N) is 3. The highest BCUT2D eigenvalue weighted by molar-refractivity contribution is 5.85. The third kappa shape index (κ3) is 2.23. The van der Waals surface area contributed by atoms with Crippen LogP contribution in [0.15, 0.2) is 59.5 Å². The van der Waals surface area contributed by atoms with E-state index in [1.54, 1.807) is 30.5 Å². The molecule has 3 aromatic heterocycles. The molecule has 0 bridgehead atoms. The minimum atomic E-state index is -0.395. The molecule has 1 aromatic carbocycles. The number of nitrogens with two attached hydrogens (primary N) is 1. The molecule has 0 unspecified atom stereocenters. The third-order valence-electron chi connectivity index (χ3n) is 3.69. The van der Waals surface area contributed by atoms with Crippen molar-refractivity contribution in [2.75, 3.05) is 5.73 Å². The number of rotatable bonds is 2. The summed E-state index contributed by atoms with van der Waals surface area (Å²) in [4.78, 5) is 21.1. The van der Waals surface area contributed by atoms with Gasteiger partial charge in [0.05, 0.1) is 17.0 Å². The van der Waals surface area contributed by atoms with Crippen molar-refractivity contribution in [3.05, 3.63) is 70.9 Å². The van der Waals surface area contributed by atoms with Crippen LogP contribution >= 0.6 is 0 Å². The van der Waals surface area contributed by atoms with Gasteiger partial charge >= 0.3 is 0 Å². The lowest BCUT2D eigenvalue weighted by Gasteiger charge is -2.03. The molecule has 6 nitrogen and oxygen atoms in total. The van der Waals surface area contributed by atoms with Crippen LogP contribution in [-0.2, 0) is 0 Å². The number of benzene rings is 1. The minimum Gasteiger partial charge on any atom is -0.383 e. The largest absolute Gasteiger partial charge is 0.383 e. The van der Waals surface area contributed by atoms with Gasteiger partial charge in [0.25, 0.3) is 5.56 Å². The standard InChI is InChI=1S/C17H12FN5O/c18-11-5-3-4-10(8-11)13-9-14(24)23-17(21-13)15(16(19)22-23)12-6-1-2-7-20-12/h1-9,22H,19H2. The molecule has 0 aliphatic carbocycles. The van der Waals surface area contributed by atoms with Crippen molar-refractivity contribution in [1.82, 2.24) is 19.6 Å². The van der Waals surface area contributed by atoms with Gasteiger partial charge in [-0.2, -0.15) is 4.52 Å². The van der Waals surface area contributed by atoms with Crippen LogP contribution in [0.1, 0.15) is 0 Å². The Morgan fingerprint density at radius 3 is 2.71 bits per heavy atom. The van der Waals surface area contributed by atoms with Crippen LogP contribution in [-0.4, -0.2) is 19.6 Å². The van der Waals surface area contributed by atoms with Gasteiger partial charge in [-0.25, -0.2) is 9.37 Å². The molecular formula is C17H12FN5O. The van der Waals surface area contributed by atoms with E-state index < -0.39 is 5.82 Å². The predicted molar refractivity (Wildman–Crippen MR) is 88.9 cm³/mol. The Labute approximate surface area is 135 Å². The lowest BCUT2D eigenvalue weighted by atomic mass is 10.1. The Morgan fingerprint density at radius 1 is 1.08 bits per heavy atom. The lowest BCUT2D eigenvalue weighted by Crippen LogP contribution is -2.14. The number of H-pyrrole nitrogens is 1. The smallest absolute Gasteiger partial charge is 0.273 e. The number of hydrogen-bond donors (Lipinski definition) is 2. The summed E-state index contributed by atoms with van der Waals surface area (Å²) in [7, 11) is 0. The molecule has 0 saturated heterocycles. The van der Waals surface area contributed by atoms with Crippen LogP contribution in [0.3, 0.4) is 0 Å². The number of pyridine rings is 1. The first-order valence-electron chi connectivity index (χ1n) is 7.22. The molecule has 3 N–H and O–H groups in total. The minimum absolute atomic E-state index is 0.287. The Bertz CT molecular complexity index is 1100. The summed E-state index contributed by atoms with van der Waals surface area (Å²) < 4.78 is 14.7. The van der Waals surface area contributed by atoms with Crippen LogP contribution in [0, 0.1) is 5.82 Å².